The van der Waals surface area contributed by atoms with Crippen molar-refractivity contribution in [1.29, 1.82) is 0 Å². The van der Waals surface area contributed by atoms with Crippen molar-refractivity contribution in [2.45, 2.75) is 6.54 Å². The first-order valence-electron chi connectivity index (χ1n) is 4.59. The van der Waals surface area contributed by atoms with Crippen LogP contribution in [0.25, 0.3) is 0 Å². The fraction of sp³-hybridized carbons (Fsp3) is 0.100. The van der Waals surface area contributed by atoms with Gasteiger partial charge in [0.2, 0.25) is 5.91 Å². The number of hydrogen-bond donors (Lipinski definition) is 1. The highest BCUT2D eigenvalue weighted by Gasteiger charge is 2.07. The molecular weight excluding hydrogens is 226 g/mol. The number of carbonyl (C=O) groups excluding carboxylic acids is 2. The molecule has 5 nitrogen and oxygen atoms in total. The standard InChI is InChI=1S/C10H9N3O2S/c14-7-8-2-1-4-13(8)6-9(15)12-10-11-3-5-16-10/h1-5,7H,6H2,(H,11,12,15). The van der Waals surface area contributed by atoms with Crippen molar-refractivity contribution in [3.63, 3.8) is 0 Å². The molecule has 0 radical (unpaired) electrons. The third-order valence-electron chi connectivity index (χ3n) is 1.98. The summed E-state index contributed by atoms with van der Waals surface area (Å²) < 4.78 is 1.58. The maximum atomic E-state index is 11.6. The summed E-state index contributed by atoms with van der Waals surface area (Å²) in [7, 11) is 0. The Hall–Kier alpha value is -1.95. The van der Waals surface area contributed by atoms with Crippen molar-refractivity contribution in [2.24, 2.45) is 0 Å². The molecule has 1 amide bonds. The molecule has 1 N–H and O–H groups in total. The summed E-state index contributed by atoms with van der Waals surface area (Å²) in [4.78, 5) is 26.1. The van der Waals surface area contributed by atoms with E-state index in [1.165, 1.54) is 11.3 Å². The number of aromatic nitrogens is 2. The zero-order chi connectivity index (χ0) is 11.4. The Bertz CT molecular complexity index is 490. The van der Waals surface area contributed by atoms with E-state index in [2.05, 4.69) is 10.3 Å². The van der Waals surface area contributed by atoms with Gasteiger partial charge in [-0.05, 0) is 12.1 Å². The molecule has 2 aromatic rings. The summed E-state index contributed by atoms with van der Waals surface area (Å²) in [6.07, 6.45) is 4.02. The molecule has 0 saturated carbocycles. The fourth-order valence-electron chi connectivity index (χ4n) is 1.28. The van der Waals surface area contributed by atoms with Gasteiger partial charge in [0, 0.05) is 17.8 Å². The van der Waals surface area contributed by atoms with E-state index in [4.69, 9.17) is 0 Å². The predicted octanol–water partition coefficient (Wildman–Crippen LogP) is 1.40. The van der Waals surface area contributed by atoms with E-state index >= 15 is 0 Å². The van der Waals surface area contributed by atoms with Crippen LogP contribution in [0.2, 0.25) is 0 Å². The lowest BCUT2D eigenvalue weighted by atomic mass is 10.4. The van der Waals surface area contributed by atoms with Crippen molar-refractivity contribution in [2.75, 3.05) is 5.32 Å². The van der Waals surface area contributed by atoms with Crippen molar-refractivity contribution in [3.8, 4) is 0 Å². The van der Waals surface area contributed by atoms with Crippen molar-refractivity contribution in [1.82, 2.24) is 9.55 Å². The first-order chi connectivity index (χ1) is 7.79. The maximum absolute atomic E-state index is 11.6. The molecule has 0 aromatic carbocycles. The molecule has 16 heavy (non-hydrogen) atoms. The number of aldehydes is 1. The number of rotatable bonds is 4. The van der Waals surface area contributed by atoms with Gasteiger partial charge in [-0.1, -0.05) is 0 Å². The number of thiazole rings is 1. The second-order valence-corrected chi connectivity index (χ2v) is 3.96. The summed E-state index contributed by atoms with van der Waals surface area (Å²) in [6.45, 7) is 0.112. The number of amides is 1. The average Bonchev–Trinajstić information content (AvgIpc) is 2.88. The van der Waals surface area contributed by atoms with Crippen LogP contribution in [0, 0.1) is 0 Å². The molecule has 0 saturated heterocycles. The molecule has 0 bridgehead atoms. The van der Waals surface area contributed by atoms with E-state index in [1.54, 1.807) is 34.5 Å². The smallest absolute Gasteiger partial charge is 0.246 e. The van der Waals surface area contributed by atoms with Crippen LogP contribution in [-0.4, -0.2) is 21.7 Å². The molecular formula is C10H9N3O2S. The third kappa shape index (κ3) is 2.34. The van der Waals surface area contributed by atoms with E-state index in [0.717, 1.165) is 6.29 Å². The number of anilines is 1. The summed E-state index contributed by atoms with van der Waals surface area (Å²) in [5.41, 5.74) is 0.481. The molecule has 2 heterocycles. The van der Waals surface area contributed by atoms with Gasteiger partial charge in [0.1, 0.15) is 6.54 Å². The van der Waals surface area contributed by atoms with Crippen LogP contribution in [0.5, 0.6) is 0 Å². The molecule has 0 fully saturated rings. The maximum Gasteiger partial charge on any atom is 0.246 e. The molecule has 0 atom stereocenters. The SMILES string of the molecule is O=Cc1cccn1CC(=O)Nc1nccs1. The van der Waals surface area contributed by atoms with Crippen LogP contribution in [0.3, 0.4) is 0 Å². The Morgan fingerprint density at radius 1 is 1.62 bits per heavy atom. The highest BCUT2D eigenvalue weighted by atomic mass is 32.1. The first kappa shape index (κ1) is 10.6. The predicted molar refractivity (Wildman–Crippen MR) is 60.6 cm³/mol. The van der Waals surface area contributed by atoms with Crippen LogP contribution < -0.4 is 5.32 Å². The van der Waals surface area contributed by atoms with Gasteiger partial charge < -0.3 is 9.88 Å². The van der Waals surface area contributed by atoms with E-state index in [0.29, 0.717) is 10.8 Å². The lowest BCUT2D eigenvalue weighted by Gasteiger charge is -2.04. The zero-order valence-corrected chi connectivity index (χ0v) is 9.11. The minimum Gasteiger partial charge on any atom is -0.336 e. The molecule has 0 spiro atoms. The van der Waals surface area contributed by atoms with Crippen LogP contribution >= 0.6 is 11.3 Å². The molecule has 2 rings (SSSR count). The highest BCUT2D eigenvalue weighted by molar-refractivity contribution is 7.13. The van der Waals surface area contributed by atoms with Crippen LogP contribution in [0.1, 0.15) is 10.5 Å². The number of nitrogens with one attached hydrogen (secondary N) is 1. The van der Waals surface area contributed by atoms with E-state index in [9.17, 15) is 9.59 Å². The minimum absolute atomic E-state index is 0.112. The van der Waals surface area contributed by atoms with E-state index in [1.807, 2.05) is 0 Å². The Labute approximate surface area is 95.7 Å². The van der Waals surface area contributed by atoms with E-state index < -0.39 is 0 Å². The quantitative estimate of drug-likeness (QED) is 0.814. The Morgan fingerprint density at radius 2 is 2.50 bits per heavy atom. The Balaban J connectivity index is 2.00. The molecule has 82 valence electrons. The zero-order valence-electron chi connectivity index (χ0n) is 8.29. The van der Waals surface area contributed by atoms with Crippen molar-refractivity contribution < 1.29 is 9.59 Å². The van der Waals surface area contributed by atoms with Gasteiger partial charge >= 0.3 is 0 Å². The Kier molecular flexibility index (Phi) is 3.11. The first-order valence-corrected chi connectivity index (χ1v) is 5.47. The van der Waals surface area contributed by atoms with Crippen molar-refractivity contribution >= 4 is 28.7 Å². The van der Waals surface area contributed by atoms with Gasteiger partial charge in [-0.25, -0.2) is 4.98 Å². The second kappa shape index (κ2) is 4.71. The molecule has 0 aliphatic carbocycles. The lowest BCUT2D eigenvalue weighted by Crippen LogP contribution is -2.19. The monoisotopic (exact) mass is 235 g/mol. The third-order valence-corrected chi connectivity index (χ3v) is 2.67. The van der Waals surface area contributed by atoms with Gasteiger partial charge in [0.15, 0.2) is 11.4 Å². The van der Waals surface area contributed by atoms with Crippen LogP contribution in [-0.2, 0) is 11.3 Å². The minimum atomic E-state index is -0.200. The van der Waals surface area contributed by atoms with Crippen molar-refractivity contribution in [3.05, 3.63) is 35.6 Å². The summed E-state index contributed by atoms with van der Waals surface area (Å²) in [5.74, 6) is -0.200. The second-order valence-electron chi connectivity index (χ2n) is 3.06. The normalized spacial score (nSPS) is 10.0. The summed E-state index contributed by atoms with van der Waals surface area (Å²) >= 11 is 1.35. The Morgan fingerprint density at radius 3 is 3.19 bits per heavy atom. The lowest BCUT2D eigenvalue weighted by molar-refractivity contribution is -0.116. The van der Waals surface area contributed by atoms with Gasteiger partial charge in [0.25, 0.3) is 0 Å². The molecule has 2 aromatic heterocycles. The molecule has 6 heteroatoms. The molecule has 0 aliphatic rings. The van der Waals surface area contributed by atoms with Crippen LogP contribution in [0.4, 0.5) is 5.13 Å². The van der Waals surface area contributed by atoms with Crippen LogP contribution in [0.15, 0.2) is 29.9 Å². The number of carbonyl (C=O) groups is 2. The fourth-order valence-corrected chi connectivity index (χ4v) is 1.82. The van der Waals surface area contributed by atoms with Gasteiger partial charge in [-0.3, -0.25) is 9.59 Å². The number of nitrogens with zero attached hydrogens (tertiary/aromatic N) is 2. The van der Waals surface area contributed by atoms with Gasteiger partial charge in [-0.15, -0.1) is 11.3 Å². The molecule has 0 unspecified atom stereocenters. The van der Waals surface area contributed by atoms with Gasteiger partial charge in [-0.2, -0.15) is 0 Å². The summed E-state index contributed by atoms with van der Waals surface area (Å²) in [6, 6.07) is 3.38. The number of hydrogen-bond acceptors (Lipinski definition) is 4. The summed E-state index contributed by atoms with van der Waals surface area (Å²) in [5, 5.41) is 4.98. The molecule has 0 aliphatic heterocycles. The average molecular weight is 235 g/mol. The largest absolute Gasteiger partial charge is 0.336 e. The topological polar surface area (TPSA) is 64.0 Å². The van der Waals surface area contributed by atoms with E-state index in [-0.39, 0.29) is 12.5 Å². The highest BCUT2D eigenvalue weighted by Crippen LogP contribution is 2.10. The van der Waals surface area contributed by atoms with Gasteiger partial charge in [0.05, 0.1) is 5.69 Å².